The van der Waals surface area contributed by atoms with Gasteiger partial charge in [-0.25, -0.2) is 10.1 Å². The number of para-hydroxylation sites is 1. The van der Waals surface area contributed by atoms with Crippen LogP contribution in [0.25, 0.3) is 22.4 Å². The largest absolute Gasteiger partial charge is 0.409 e. The first-order valence-electron chi connectivity index (χ1n) is 4.85. The molecule has 0 amide bonds. The van der Waals surface area contributed by atoms with Crippen molar-refractivity contribution in [3.05, 3.63) is 40.3 Å². The molecular weight excluding hydrogens is 258 g/mol. The van der Waals surface area contributed by atoms with E-state index in [0.717, 1.165) is 10.9 Å². The summed E-state index contributed by atoms with van der Waals surface area (Å²) < 4.78 is 5.22. The second-order valence-corrected chi connectivity index (χ2v) is 4.17. The Morgan fingerprint density at radius 1 is 1.29 bits per heavy atom. The molecule has 3 aromatic rings. The van der Waals surface area contributed by atoms with Crippen molar-refractivity contribution in [2.75, 3.05) is 0 Å². The molecule has 0 spiro atoms. The minimum atomic E-state index is 0.212. The standard InChI is InChI=1S/C11H6ClN3OS/c12-9-7(10-14-15-11(17)16-10)5-6-3-1-2-4-8(6)13-9/h1-5H,(H,15,17). The van der Waals surface area contributed by atoms with Gasteiger partial charge in [-0.15, -0.1) is 5.10 Å². The van der Waals surface area contributed by atoms with Crippen LogP contribution in [-0.4, -0.2) is 15.2 Å². The van der Waals surface area contributed by atoms with Crippen molar-refractivity contribution in [2.45, 2.75) is 0 Å². The molecule has 0 aliphatic carbocycles. The van der Waals surface area contributed by atoms with Crippen LogP contribution >= 0.6 is 23.8 Å². The molecule has 2 aromatic heterocycles. The van der Waals surface area contributed by atoms with Crippen molar-refractivity contribution in [1.29, 1.82) is 0 Å². The molecule has 3 rings (SSSR count). The van der Waals surface area contributed by atoms with E-state index in [0.29, 0.717) is 16.6 Å². The Hall–Kier alpha value is -1.72. The first-order valence-corrected chi connectivity index (χ1v) is 5.64. The molecule has 0 fully saturated rings. The number of halogens is 1. The van der Waals surface area contributed by atoms with Crippen LogP contribution in [0.5, 0.6) is 0 Å². The summed E-state index contributed by atoms with van der Waals surface area (Å²) in [5.74, 6) is 0.346. The van der Waals surface area contributed by atoms with Crippen molar-refractivity contribution in [3.63, 3.8) is 0 Å². The lowest BCUT2D eigenvalue weighted by Gasteiger charge is -2.01. The van der Waals surface area contributed by atoms with Crippen molar-refractivity contribution < 1.29 is 4.42 Å². The summed E-state index contributed by atoms with van der Waals surface area (Å²) in [4.78, 5) is 4.49. The number of pyridine rings is 1. The molecule has 6 heteroatoms. The summed E-state index contributed by atoms with van der Waals surface area (Å²) in [5, 5.41) is 7.80. The number of hydrogen-bond donors (Lipinski definition) is 1. The second-order valence-electron chi connectivity index (χ2n) is 3.44. The molecule has 2 heterocycles. The zero-order chi connectivity index (χ0) is 11.8. The number of fused-ring (bicyclic) bond motifs is 1. The van der Waals surface area contributed by atoms with Gasteiger partial charge < -0.3 is 4.42 Å². The van der Waals surface area contributed by atoms with Crippen LogP contribution in [-0.2, 0) is 0 Å². The van der Waals surface area contributed by atoms with Crippen molar-refractivity contribution >= 4 is 34.7 Å². The van der Waals surface area contributed by atoms with E-state index in [1.54, 1.807) is 0 Å². The van der Waals surface area contributed by atoms with Crippen LogP contribution in [0.2, 0.25) is 5.15 Å². The molecule has 0 saturated carbocycles. The maximum absolute atomic E-state index is 6.09. The van der Waals surface area contributed by atoms with Gasteiger partial charge in [0.15, 0.2) is 0 Å². The maximum atomic E-state index is 6.09. The molecule has 0 atom stereocenters. The highest BCUT2D eigenvalue weighted by molar-refractivity contribution is 7.71. The van der Waals surface area contributed by atoms with Gasteiger partial charge in [-0.1, -0.05) is 29.8 Å². The van der Waals surface area contributed by atoms with Gasteiger partial charge >= 0.3 is 0 Å². The Kier molecular flexibility index (Phi) is 2.42. The first kappa shape index (κ1) is 10.4. The fourth-order valence-corrected chi connectivity index (χ4v) is 1.94. The topological polar surface area (TPSA) is 54.7 Å². The summed E-state index contributed by atoms with van der Waals surface area (Å²) in [5.41, 5.74) is 1.45. The third kappa shape index (κ3) is 1.83. The van der Waals surface area contributed by atoms with E-state index in [2.05, 4.69) is 15.2 Å². The van der Waals surface area contributed by atoms with Crippen LogP contribution in [0.4, 0.5) is 0 Å². The van der Waals surface area contributed by atoms with Gasteiger partial charge in [-0.05, 0) is 24.4 Å². The Morgan fingerprint density at radius 3 is 2.88 bits per heavy atom. The van der Waals surface area contributed by atoms with Crippen LogP contribution in [0.3, 0.4) is 0 Å². The number of hydrogen-bond acceptors (Lipinski definition) is 4. The van der Waals surface area contributed by atoms with E-state index in [9.17, 15) is 0 Å². The van der Waals surface area contributed by atoms with Gasteiger partial charge in [0.05, 0.1) is 11.1 Å². The van der Waals surface area contributed by atoms with Crippen LogP contribution in [0, 0.1) is 4.84 Å². The van der Waals surface area contributed by atoms with E-state index in [-0.39, 0.29) is 4.84 Å². The normalized spacial score (nSPS) is 10.9. The lowest BCUT2D eigenvalue weighted by atomic mass is 10.1. The average molecular weight is 264 g/mol. The minimum absolute atomic E-state index is 0.212. The third-order valence-corrected chi connectivity index (χ3v) is 2.81. The SMILES string of the molecule is S=c1[nH]nc(-c2cc3ccccc3nc2Cl)o1. The molecule has 0 bridgehead atoms. The monoisotopic (exact) mass is 263 g/mol. The second kappa shape index (κ2) is 3.94. The number of rotatable bonds is 1. The lowest BCUT2D eigenvalue weighted by molar-refractivity contribution is 0.552. The summed E-state index contributed by atoms with van der Waals surface area (Å²) >= 11 is 10.9. The zero-order valence-electron chi connectivity index (χ0n) is 8.48. The summed E-state index contributed by atoms with van der Waals surface area (Å²) in [7, 11) is 0. The Bertz CT molecular complexity index is 750. The Morgan fingerprint density at radius 2 is 2.12 bits per heavy atom. The number of benzene rings is 1. The van der Waals surface area contributed by atoms with E-state index < -0.39 is 0 Å². The van der Waals surface area contributed by atoms with Crippen molar-refractivity contribution in [2.24, 2.45) is 0 Å². The lowest BCUT2D eigenvalue weighted by Crippen LogP contribution is -1.86. The summed E-state index contributed by atoms with van der Waals surface area (Å²) in [6.07, 6.45) is 0. The zero-order valence-corrected chi connectivity index (χ0v) is 10.0. The van der Waals surface area contributed by atoms with Gasteiger partial charge in [-0.3, -0.25) is 0 Å². The van der Waals surface area contributed by atoms with Crippen LogP contribution in [0.1, 0.15) is 0 Å². The Balaban J connectivity index is 2.29. The molecule has 1 N–H and O–H groups in total. The molecular formula is C11H6ClN3OS. The molecule has 0 aliphatic heterocycles. The van der Waals surface area contributed by atoms with Gasteiger partial charge in [-0.2, -0.15) is 0 Å². The summed E-state index contributed by atoms with van der Waals surface area (Å²) in [6.45, 7) is 0. The van der Waals surface area contributed by atoms with E-state index in [4.69, 9.17) is 28.2 Å². The fraction of sp³-hybridized carbons (Fsp3) is 0. The van der Waals surface area contributed by atoms with Gasteiger partial charge in [0.1, 0.15) is 5.15 Å². The van der Waals surface area contributed by atoms with E-state index in [1.807, 2.05) is 30.3 Å². The number of aromatic amines is 1. The fourth-order valence-electron chi connectivity index (χ4n) is 1.59. The average Bonchev–Trinajstić information content (AvgIpc) is 2.75. The molecule has 0 saturated heterocycles. The quantitative estimate of drug-likeness (QED) is 0.538. The minimum Gasteiger partial charge on any atom is -0.409 e. The van der Waals surface area contributed by atoms with E-state index >= 15 is 0 Å². The van der Waals surface area contributed by atoms with Crippen molar-refractivity contribution in [1.82, 2.24) is 15.2 Å². The van der Waals surface area contributed by atoms with Gasteiger partial charge in [0.25, 0.3) is 4.84 Å². The highest BCUT2D eigenvalue weighted by Crippen LogP contribution is 2.28. The van der Waals surface area contributed by atoms with Gasteiger partial charge in [0, 0.05) is 5.39 Å². The smallest absolute Gasteiger partial charge is 0.284 e. The maximum Gasteiger partial charge on any atom is 0.284 e. The number of H-pyrrole nitrogens is 1. The van der Waals surface area contributed by atoms with Crippen LogP contribution < -0.4 is 0 Å². The number of nitrogens with one attached hydrogen (secondary N) is 1. The molecule has 1 aromatic carbocycles. The van der Waals surface area contributed by atoms with Crippen molar-refractivity contribution in [3.8, 4) is 11.5 Å². The molecule has 84 valence electrons. The third-order valence-electron chi connectivity index (χ3n) is 2.35. The van der Waals surface area contributed by atoms with Crippen LogP contribution in [0.15, 0.2) is 34.7 Å². The van der Waals surface area contributed by atoms with E-state index in [1.165, 1.54) is 0 Å². The molecule has 0 aliphatic rings. The first-order chi connectivity index (χ1) is 8.24. The highest BCUT2D eigenvalue weighted by atomic mass is 35.5. The highest BCUT2D eigenvalue weighted by Gasteiger charge is 2.11. The molecule has 0 unspecified atom stereocenters. The predicted molar refractivity (Wildman–Crippen MR) is 67.4 cm³/mol. The van der Waals surface area contributed by atoms with Gasteiger partial charge in [0.2, 0.25) is 5.89 Å². The molecule has 0 radical (unpaired) electrons. The molecule has 4 nitrogen and oxygen atoms in total. The molecule has 17 heavy (non-hydrogen) atoms. The Labute approximate surface area is 106 Å². The summed E-state index contributed by atoms with van der Waals surface area (Å²) in [6, 6.07) is 9.56. The number of nitrogens with zero attached hydrogens (tertiary/aromatic N) is 2. The number of aromatic nitrogens is 3. The predicted octanol–water partition coefficient (Wildman–Crippen LogP) is 3.60.